The monoisotopic (exact) mass is 470 g/mol. The third-order valence-corrected chi connectivity index (χ3v) is 5.96. The Balaban J connectivity index is 1.92. The van der Waals surface area contributed by atoms with Crippen LogP contribution < -0.4 is 0 Å². The van der Waals surface area contributed by atoms with Gasteiger partial charge in [0.05, 0.1) is 22.3 Å². The first-order valence-electron chi connectivity index (χ1n) is 8.90. The Kier molecular flexibility index (Phi) is 5.04. The van der Waals surface area contributed by atoms with Crippen LogP contribution in [0.2, 0.25) is 0 Å². The molecule has 4 rings (SSSR count). The number of fused-ring (bicyclic) bond motifs is 1. The van der Waals surface area contributed by atoms with E-state index in [4.69, 9.17) is 0 Å². The quantitative estimate of drug-likeness (QED) is 0.371. The SMILES string of the molecule is CS(=O)(=O)c1cc(F)ccc1-c1cc(-c2cnc3c(F)c(C(F)(F)F)ccn23)ccc1F. The van der Waals surface area contributed by atoms with E-state index in [0.717, 1.165) is 47.3 Å². The highest BCUT2D eigenvalue weighted by molar-refractivity contribution is 7.90. The number of rotatable bonds is 3. The van der Waals surface area contributed by atoms with Crippen LogP contribution in [0.4, 0.5) is 26.3 Å². The molecule has 32 heavy (non-hydrogen) atoms. The minimum Gasteiger partial charge on any atom is -0.297 e. The van der Waals surface area contributed by atoms with Gasteiger partial charge in [0.2, 0.25) is 0 Å². The number of nitrogens with zero attached hydrogens (tertiary/aromatic N) is 2. The number of hydrogen-bond acceptors (Lipinski definition) is 3. The Labute approximate surface area is 177 Å². The van der Waals surface area contributed by atoms with Crippen LogP contribution in [0.25, 0.3) is 28.0 Å². The van der Waals surface area contributed by atoms with E-state index in [1.807, 2.05) is 0 Å². The molecule has 0 amide bonds. The molecule has 2 aromatic heterocycles. The molecule has 166 valence electrons. The summed E-state index contributed by atoms with van der Waals surface area (Å²) < 4.78 is 107. The molecule has 2 heterocycles. The molecule has 0 aliphatic carbocycles. The number of halogens is 6. The second kappa shape index (κ2) is 7.37. The molecule has 0 saturated carbocycles. The molecular formula is C21H12F6N2O2S. The summed E-state index contributed by atoms with van der Waals surface area (Å²) in [6, 6.07) is 6.92. The van der Waals surface area contributed by atoms with E-state index in [2.05, 4.69) is 4.98 Å². The lowest BCUT2D eigenvalue weighted by molar-refractivity contribution is -0.139. The van der Waals surface area contributed by atoms with E-state index in [-0.39, 0.29) is 22.4 Å². The van der Waals surface area contributed by atoms with E-state index in [1.165, 1.54) is 12.1 Å². The number of aromatic nitrogens is 2. The summed E-state index contributed by atoms with van der Waals surface area (Å²) in [6.45, 7) is 0. The summed E-state index contributed by atoms with van der Waals surface area (Å²) in [6.07, 6.45) is -1.98. The fourth-order valence-corrected chi connectivity index (χ4v) is 4.27. The number of alkyl halides is 3. The summed E-state index contributed by atoms with van der Waals surface area (Å²) in [5.41, 5.74) is -2.00. The minimum absolute atomic E-state index is 0.104. The van der Waals surface area contributed by atoms with Crippen LogP contribution in [-0.4, -0.2) is 24.1 Å². The van der Waals surface area contributed by atoms with E-state index in [1.54, 1.807) is 0 Å². The maximum atomic E-state index is 14.6. The molecule has 11 heteroatoms. The van der Waals surface area contributed by atoms with E-state index >= 15 is 0 Å². The van der Waals surface area contributed by atoms with Gasteiger partial charge in [-0.3, -0.25) is 4.40 Å². The first-order valence-corrected chi connectivity index (χ1v) is 10.8. The molecule has 4 aromatic rings. The van der Waals surface area contributed by atoms with Gasteiger partial charge in [-0.1, -0.05) is 6.07 Å². The number of hydrogen-bond donors (Lipinski definition) is 0. The van der Waals surface area contributed by atoms with Crippen LogP contribution in [0.5, 0.6) is 0 Å². The van der Waals surface area contributed by atoms with E-state index < -0.39 is 49.6 Å². The van der Waals surface area contributed by atoms with Gasteiger partial charge in [-0.05, 0) is 36.4 Å². The minimum atomic E-state index is -4.91. The maximum absolute atomic E-state index is 14.6. The normalized spacial score (nSPS) is 12.5. The number of benzene rings is 2. The van der Waals surface area contributed by atoms with E-state index in [9.17, 15) is 34.8 Å². The predicted octanol–water partition coefficient (Wildman–Crippen LogP) is 5.51. The van der Waals surface area contributed by atoms with Crippen molar-refractivity contribution in [2.45, 2.75) is 11.1 Å². The smallest absolute Gasteiger partial charge is 0.297 e. The lowest BCUT2D eigenvalue weighted by atomic mass is 10.0. The second-order valence-corrected chi connectivity index (χ2v) is 8.97. The lowest BCUT2D eigenvalue weighted by Gasteiger charge is -2.12. The summed E-state index contributed by atoms with van der Waals surface area (Å²) in [5, 5.41) is 0. The molecular weight excluding hydrogens is 458 g/mol. The Morgan fingerprint density at radius 1 is 0.938 bits per heavy atom. The molecule has 0 fully saturated rings. The highest BCUT2D eigenvalue weighted by Gasteiger charge is 2.35. The van der Waals surface area contributed by atoms with Gasteiger partial charge in [0.25, 0.3) is 0 Å². The Morgan fingerprint density at radius 2 is 1.66 bits per heavy atom. The van der Waals surface area contributed by atoms with Gasteiger partial charge in [0, 0.05) is 29.1 Å². The molecule has 0 aliphatic rings. The van der Waals surface area contributed by atoms with Crippen LogP contribution in [0.1, 0.15) is 5.56 Å². The van der Waals surface area contributed by atoms with Crippen molar-refractivity contribution in [1.29, 1.82) is 0 Å². The van der Waals surface area contributed by atoms with E-state index in [0.29, 0.717) is 6.07 Å². The Morgan fingerprint density at radius 3 is 2.31 bits per heavy atom. The number of pyridine rings is 1. The summed E-state index contributed by atoms with van der Waals surface area (Å²) in [4.78, 5) is 3.27. The number of imidazole rings is 1. The topological polar surface area (TPSA) is 51.4 Å². The van der Waals surface area contributed by atoms with Crippen LogP contribution in [-0.2, 0) is 16.0 Å². The highest BCUT2D eigenvalue weighted by Crippen LogP contribution is 2.36. The fourth-order valence-electron chi connectivity index (χ4n) is 3.37. The standard InChI is InChI=1S/C21H12F6N2O2S/c1-32(30,31)18-9-12(22)3-4-13(18)14-8-11(2-5-16(14)23)17-10-28-20-19(24)15(21(25,26)27)6-7-29(17)20/h2-10H,1H3. The first kappa shape index (κ1) is 21.9. The average molecular weight is 470 g/mol. The molecule has 0 radical (unpaired) electrons. The molecule has 0 atom stereocenters. The van der Waals surface area contributed by atoms with Crippen LogP contribution in [0, 0.1) is 17.5 Å². The zero-order valence-electron chi connectivity index (χ0n) is 16.1. The molecule has 0 saturated heterocycles. The van der Waals surface area contributed by atoms with Crippen LogP contribution in [0.15, 0.2) is 59.8 Å². The lowest BCUT2D eigenvalue weighted by Crippen LogP contribution is -2.09. The molecule has 0 bridgehead atoms. The fraction of sp³-hybridized carbons (Fsp3) is 0.0952. The molecule has 0 aliphatic heterocycles. The molecule has 0 unspecified atom stereocenters. The van der Waals surface area contributed by atoms with Crippen molar-refractivity contribution in [3.63, 3.8) is 0 Å². The third-order valence-electron chi connectivity index (χ3n) is 4.82. The van der Waals surface area contributed by atoms with Crippen molar-refractivity contribution in [2.75, 3.05) is 6.26 Å². The summed E-state index contributed by atoms with van der Waals surface area (Å²) >= 11 is 0. The van der Waals surface area contributed by atoms with Crippen LogP contribution in [0.3, 0.4) is 0 Å². The number of sulfone groups is 1. The van der Waals surface area contributed by atoms with Gasteiger partial charge in [0.1, 0.15) is 11.6 Å². The molecule has 0 N–H and O–H groups in total. The molecule has 2 aromatic carbocycles. The predicted molar refractivity (Wildman–Crippen MR) is 104 cm³/mol. The van der Waals surface area contributed by atoms with Gasteiger partial charge in [-0.25, -0.2) is 26.6 Å². The summed E-state index contributed by atoms with van der Waals surface area (Å²) in [5.74, 6) is -3.21. The Hall–Kier alpha value is -3.34. The maximum Gasteiger partial charge on any atom is 0.419 e. The van der Waals surface area contributed by atoms with Gasteiger partial charge >= 0.3 is 6.18 Å². The van der Waals surface area contributed by atoms with Gasteiger partial charge in [0.15, 0.2) is 21.3 Å². The third kappa shape index (κ3) is 3.72. The van der Waals surface area contributed by atoms with Crippen molar-refractivity contribution < 1.29 is 34.8 Å². The average Bonchev–Trinajstić information content (AvgIpc) is 3.12. The zero-order valence-corrected chi connectivity index (χ0v) is 16.9. The van der Waals surface area contributed by atoms with Gasteiger partial charge in [-0.15, -0.1) is 0 Å². The summed E-state index contributed by atoms with van der Waals surface area (Å²) in [7, 11) is -3.93. The van der Waals surface area contributed by atoms with Crippen LogP contribution >= 0.6 is 0 Å². The zero-order chi connectivity index (χ0) is 23.4. The van der Waals surface area contributed by atoms with Crippen molar-refractivity contribution in [3.8, 4) is 22.4 Å². The Bertz CT molecular complexity index is 1480. The van der Waals surface area contributed by atoms with Crippen molar-refractivity contribution >= 4 is 15.5 Å². The van der Waals surface area contributed by atoms with Crippen molar-refractivity contribution in [1.82, 2.24) is 9.38 Å². The van der Waals surface area contributed by atoms with Gasteiger partial charge < -0.3 is 0 Å². The largest absolute Gasteiger partial charge is 0.419 e. The van der Waals surface area contributed by atoms with Crippen molar-refractivity contribution in [3.05, 3.63) is 77.9 Å². The highest BCUT2D eigenvalue weighted by atomic mass is 32.2. The van der Waals surface area contributed by atoms with Gasteiger partial charge in [-0.2, -0.15) is 13.2 Å². The van der Waals surface area contributed by atoms with Crippen molar-refractivity contribution in [2.24, 2.45) is 0 Å². The second-order valence-electron chi connectivity index (χ2n) is 6.99. The molecule has 0 spiro atoms. The molecule has 4 nitrogen and oxygen atoms in total. The first-order chi connectivity index (χ1) is 14.9.